The molecule has 0 atom stereocenters. The van der Waals surface area contributed by atoms with Gasteiger partial charge in [0.1, 0.15) is 5.01 Å². The number of para-hydroxylation sites is 1. The summed E-state index contributed by atoms with van der Waals surface area (Å²) < 4.78 is 5.00. The van der Waals surface area contributed by atoms with E-state index in [0.717, 1.165) is 5.56 Å². The number of ether oxygens (including phenoxy) is 1. The molecule has 25 heavy (non-hydrogen) atoms. The molecule has 2 aromatic carbocycles. The molecule has 0 saturated heterocycles. The fourth-order valence-corrected chi connectivity index (χ4v) is 3.02. The molecule has 126 valence electrons. The number of aromatic nitrogens is 1. The van der Waals surface area contributed by atoms with E-state index >= 15 is 0 Å². The van der Waals surface area contributed by atoms with Crippen LogP contribution >= 0.6 is 22.9 Å². The van der Waals surface area contributed by atoms with Gasteiger partial charge in [-0.15, -0.1) is 11.3 Å². The minimum Gasteiger partial charge on any atom is -0.451 e. The van der Waals surface area contributed by atoms with Crippen LogP contribution in [0.25, 0.3) is 10.6 Å². The van der Waals surface area contributed by atoms with Crippen LogP contribution in [-0.4, -0.2) is 23.5 Å². The highest BCUT2D eigenvalue weighted by atomic mass is 35.5. The number of nitrogens with one attached hydrogen (secondary N) is 1. The summed E-state index contributed by atoms with van der Waals surface area (Å²) in [5.74, 6) is -1.06. The third-order valence-electron chi connectivity index (χ3n) is 3.18. The van der Waals surface area contributed by atoms with E-state index in [0.29, 0.717) is 15.7 Å². The molecule has 3 aromatic rings. The first-order chi connectivity index (χ1) is 12.1. The number of esters is 1. The number of hydrogen-bond donors (Lipinski definition) is 1. The molecule has 1 N–H and O–H groups in total. The fraction of sp³-hybridized carbons (Fsp3) is 0.0556. The summed E-state index contributed by atoms with van der Waals surface area (Å²) in [6.07, 6.45) is 0. The highest BCUT2D eigenvalue weighted by Crippen LogP contribution is 2.26. The third kappa shape index (κ3) is 4.65. The van der Waals surface area contributed by atoms with Crippen molar-refractivity contribution in [2.24, 2.45) is 0 Å². The maximum atomic E-state index is 12.0. The number of halogens is 1. The molecule has 1 heterocycles. The average Bonchev–Trinajstić information content (AvgIpc) is 3.11. The van der Waals surface area contributed by atoms with Crippen LogP contribution in [0.1, 0.15) is 10.5 Å². The van der Waals surface area contributed by atoms with E-state index in [1.807, 2.05) is 18.2 Å². The van der Waals surface area contributed by atoms with Crippen molar-refractivity contribution in [3.8, 4) is 10.6 Å². The molecule has 1 amide bonds. The van der Waals surface area contributed by atoms with Crippen LogP contribution in [0.2, 0.25) is 5.02 Å². The number of carbonyl (C=O) groups is 2. The Labute approximate surface area is 153 Å². The van der Waals surface area contributed by atoms with Crippen molar-refractivity contribution in [3.63, 3.8) is 0 Å². The van der Waals surface area contributed by atoms with Crippen LogP contribution in [0, 0.1) is 0 Å². The van der Waals surface area contributed by atoms with Gasteiger partial charge >= 0.3 is 5.97 Å². The Morgan fingerprint density at radius 2 is 1.92 bits per heavy atom. The zero-order chi connectivity index (χ0) is 17.6. The Kier molecular flexibility index (Phi) is 5.42. The Balaban J connectivity index is 1.58. The molecule has 5 nitrogen and oxygen atoms in total. The van der Waals surface area contributed by atoms with Gasteiger partial charge < -0.3 is 10.1 Å². The molecular weight excluding hydrogens is 360 g/mol. The highest BCUT2D eigenvalue weighted by Gasteiger charge is 2.15. The Morgan fingerprint density at radius 3 is 2.68 bits per heavy atom. The molecule has 0 bridgehead atoms. The number of thiazole rings is 1. The van der Waals surface area contributed by atoms with Gasteiger partial charge in [-0.25, -0.2) is 9.78 Å². The second-order valence-corrected chi connectivity index (χ2v) is 6.33. The number of anilines is 1. The van der Waals surface area contributed by atoms with Crippen molar-refractivity contribution in [1.82, 2.24) is 4.98 Å². The number of hydrogen-bond acceptors (Lipinski definition) is 5. The molecule has 0 aliphatic rings. The van der Waals surface area contributed by atoms with Crippen molar-refractivity contribution in [2.45, 2.75) is 0 Å². The van der Waals surface area contributed by atoms with Gasteiger partial charge in [-0.3, -0.25) is 4.79 Å². The summed E-state index contributed by atoms with van der Waals surface area (Å²) >= 11 is 7.26. The largest absolute Gasteiger partial charge is 0.451 e. The number of benzene rings is 2. The van der Waals surface area contributed by atoms with Gasteiger partial charge in [-0.05, 0) is 24.3 Å². The first kappa shape index (κ1) is 17.1. The lowest BCUT2D eigenvalue weighted by Crippen LogP contribution is -2.21. The SMILES string of the molecule is O=C(COC(=O)c1csc(-c2cccc(Cl)c2)n1)Nc1ccccc1. The van der Waals surface area contributed by atoms with Crippen molar-refractivity contribution >= 4 is 40.5 Å². The third-order valence-corrected chi connectivity index (χ3v) is 4.30. The molecule has 1 aromatic heterocycles. The Hall–Kier alpha value is -2.70. The number of nitrogens with zero attached hydrogens (tertiary/aromatic N) is 1. The van der Waals surface area contributed by atoms with Crippen molar-refractivity contribution < 1.29 is 14.3 Å². The van der Waals surface area contributed by atoms with Gasteiger partial charge in [0.25, 0.3) is 5.91 Å². The standard InChI is InChI=1S/C18H13ClN2O3S/c19-13-6-4-5-12(9-13)17-21-15(11-25-17)18(23)24-10-16(22)20-14-7-2-1-3-8-14/h1-9,11H,10H2,(H,20,22). The van der Waals surface area contributed by atoms with Gasteiger partial charge in [0.15, 0.2) is 12.3 Å². The lowest BCUT2D eigenvalue weighted by atomic mass is 10.2. The van der Waals surface area contributed by atoms with Gasteiger partial charge in [0, 0.05) is 21.7 Å². The predicted octanol–water partition coefficient (Wildman–Crippen LogP) is 4.26. The minimum atomic E-state index is -0.646. The Morgan fingerprint density at radius 1 is 1.12 bits per heavy atom. The monoisotopic (exact) mass is 372 g/mol. The molecule has 0 radical (unpaired) electrons. The van der Waals surface area contributed by atoms with Gasteiger partial charge in [0.05, 0.1) is 0 Å². The van der Waals surface area contributed by atoms with Crippen LogP contribution in [-0.2, 0) is 9.53 Å². The predicted molar refractivity (Wildman–Crippen MR) is 97.9 cm³/mol. The first-order valence-electron chi connectivity index (χ1n) is 7.35. The zero-order valence-electron chi connectivity index (χ0n) is 12.9. The molecular formula is C18H13ClN2O3S. The van der Waals surface area contributed by atoms with E-state index < -0.39 is 11.9 Å². The van der Waals surface area contributed by atoms with Crippen LogP contribution in [0.15, 0.2) is 60.0 Å². The maximum Gasteiger partial charge on any atom is 0.358 e. The average molecular weight is 373 g/mol. The molecule has 0 saturated carbocycles. The van der Waals surface area contributed by atoms with E-state index in [-0.39, 0.29) is 12.3 Å². The molecule has 0 spiro atoms. The van der Waals surface area contributed by atoms with E-state index in [1.165, 1.54) is 11.3 Å². The van der Waals surface area contributed by atoms with Crippen molar-refractivity contribution in [1.29, 1.82) is 0 Å². The lowest BCUT2D eigenvalue weighted by Gasteiger charge is -2.05. The highest BCUT2D eigenvalue weighted by molar-refractivity contribution is 7.13. The normalized spacial score (nSPS) is 10.3. The molecule has 0 aliphatic heterocycles. The summed E-state index contributed by atoms with van der Waals surface area (Å²) in [4.78, 5) is 28.1. The minimum absolute atomic E-state index is 0.160. The second kappa shape index (κ2) is 7.92. The van der Waals surface area contributed by atoms with Crippen LogP contribution in [0.4, 0.5) is 5.69 Å². The summed E-state index contributed by atoms with van der Waals surface area (Å²) in [6, 6.07) is 16.1. The van der Waals surface area contributed by atoms with Crippen LogP contribution in [0.5, 0.6) is 0 Å². The molecule has 0 fully saturated rings. The maximum absolute atomic E-state index is 12.0. The van der Waals surface area contributed by atoms with Gasteiger partial charge in [0.2, 0.25) is 0 Å². The molecule has 0 unspecified atom stereocenters. The van der Waals surface area contributed by atoms with Crippen LogP contribution < -0.4 is 5.32 Å². The number of carbonyl (C=O) groups excluding carboxylic acids is 2. The first-order valence-corrected chi connectivity index (χ1v) is 8.61. The Bertz CT molecular complexity index is 896. The van der Waals surface area contributed by atoms with Gasteiger partial charge in [-0.2, -0.15) is 0 Å². The number of amides is 1. The van der Waals surface area contributed by atoms with Gasteiger partial charge in [-0.1, -0.05) is 41.9 Å². The quantitative estimate of drug-likeness (QED) is 0.679. The lowest BCUT2D eigenvalue weighted by molar-refractivity contribution is -0.119. The van der Waals surface area contributed by atoms with E-state index in [1.54, 1.807) is 41.8 Å². The van der Waals surface area contributed by atoms with Crippen molar-refractivity contribution in [2.75, 3.05) is 11.9 Å². The van der Waals surface area contributed by atoms with Crippen LogP contribution in [0.3, 0.4) is 0 Å². The molecule has 0 aliphatic carbocycles. The van der Waals surface area contributed by atoms with Crippen molar-refractivity contribution in [3.05, 3.63) is 70.7 Å². The summed E-state index contributed by atoms with van der Waals surface area (Å²) in [5.41, 5.74) is 1.62. The zero-order valence-corrected chi connectivity index (χ0v) is 14.5. The van der Waals surface area contributed by atoms with E-state index in [4.69, 9.17) is 16.3 Å². The van der Waals surface area contributed by atoms with E-state index in [9.17, 15) is 9.59 Å². The van der Waals surface area contributed by atoms with E-state index in [2.05, 4.69) is 10.3 Å². The molecule has 7 heteroatoms. The smallest absolute Gasteiger partial charge is 0.358 e. The summed E-state index contributed by atoms with van der Waals surface area (Å²) in [7, 11) is 0. The summed E-state index contributed by atoms with van der Waals surface area (Å²) in [6.45, 7) is -0.377. The molecule has 3 rings (SSSR count). The second-order valence-electron chi connectivity index (χ2n) is 5.04. The number of rotatable bonds is 5. The topological polar surface area (TPSA) is 68.3 Å². The fourth-order valence-electron chi connectivity index (χ4n) is 2.05. The summed E-state index contributed by atoms with van der Waals surface area (Å²) in [5, 5.41) is 5.48.